The van der Waals surface area contributed by atoms with Crippen molar-refractivity contribution < 1.29 is 22.0 Å². The normalized spacial score (nSPS) is 22.8. The molecule has 2 aromatic rings. The van der Waals surface area contributed by atoms with Gasteiger partial charge in [0.25, 0.3) is 0 Å². The number of aryl methyl sites for hydroxylation is 1. The standard InChI is InChI=1S/C27H33F4N5OS/c1-17(2)25(34-33-19(4)24-18(3)32-16-37-24)38-12-6-10-35-14-23-26(5,15-35)9-11-36(23)22-8-7-20(13-21(22)28)27(29,30)31/h7-8,13,16,23H,1,6,9-12,14-15H2,2-5H3/b33-19+,34-25+/t23-,26+/m0/s1. The van der Waals surface area contributed by atoms with Crippen LogP contribution in [0.15, 0.2) is 51.4 Å². The number of benzene rings is 1. The van der Waals surface area contributed by atoms with Gasteiger partial charge in [0.2, 0.25) is 0 Å². The van der Waals surface area contributed by atoms with Crippen LogP contribution in [-0.4, -0.2) is 58.6 Å². The molecule has 38 heavy (non-hydrogen) atoms. The number of rotatable bonds is 8. The van der Waals surface area contributed by atoms with E-state index in [4.69, 9.17) is 4.42 Å². The Morgan fingerprint density at radius 1 is 1.29 bits per heavy atom. The maximum Gasteiger partial charge on any atom is 0.416 e. The average Bonchev–Trinajstić information content (AvgIpc) is 3.50. The number of alkyl halides is 3. The zero-order valence-electron chi connectivity index (χ0n) is 22.1. The van der Waals surface area contributed by atoms with E-state index in [-0.39, 0.29) is 17.1 Å². The molecule has 1 aromatic carbocycles. The van der Waals surface area contributed by atoms with Gasteiger partial charge in [-0.1, -0.05) is 13.5 Å². The summed E-state index contributed by atoms with van der Waals surface area (Å²) in [6.45, 7) is 14.9. The summed E-state index contributed by atoms with van der Waals surface area (Å²) in [6.07, 6.45) is -1.39. The van der Waals surface area contributed by atoms with Crippen molar-refractivity contribution in [3.8, 4) is 0 Å². The van der Waals surface area contributed by atoms with Gasteiger partial charge in [0, 0.05) is 36.8 Å². The van der Waals surface area contributed by atoms with Gasteiger partial charge in [-0.2, -0.15) is 18.3 Å². The minimum Gasteiger partial charge on any atom is -0.442 e. The molecule has 1 aromatic heterocycles. The zero-order valence-corrected chi connectivity index (χ0v) is 22.9. The lowest BCUT2D eigenvalue weighted by Gasteiger charge is -2.30. The lowest BCUT2D eigenvalue weighted by Crippen LogP contribution is -2.38. The van der Waals surface area contributed by atoms with Gasteiger partial charge in [0.15, 0.2) is 12.2 Å². The molecule has 6 nitrogen and oxygen atoms in total. The molecule has 0 unspecified atom stereocenters. The summed E-state index contributed by atoms with van der Waals surface area (Å²) in [5.41, 5.74) is 1.50. The third kappa shape index (κ3) is 6.14. The first-order chi connectivity index (χ1) is 17.9. The van der Waals surface area contributed by atoms with Crippen LogP contribution in [0, 0.1) is 18.2 Å². The molecule has 2 aliphatic heterocycles. The van der Waals surface area contributed by atoms with E-state index in [1.807, 2.05) is 25.7 Å². The zero-order chi connectivity index (χ0) is 27.7. The number of aromatic nitrogens is 1. The molecular formula is C27H33F4N5OS. The van der Waals surface area contributed by atoms with Crippen LogP contribution in [0.2, 0.25) is 0 Å². The van der Waals surface area contributed by atoms with Crippen LogP contribution in [0.25, 0.3) is 0 Å². The van der Waals surface area contributed by atoms with Crippen molar-refractivity contribution in [2.75, 3.05) is 36.8 Å². The number of oxazole rings is 1. The lowest BCUT2D eigenvalue weighted by molar-refractivity contribution is -0.137. The first-order valence-corrected chi connectivity index (χ1v) is 13.5. The molecule has 2 fully saturated rings. The van der Waals surface area contributed by atoms with Gasteiger partial charge in [-0.25, -0.2) is 9.37 Å². The number of hydrogen-bond donors (Lipinski definition) is 0. The second-order valence-corrected chi connectivity index (χ2v) is 11.4. The molecule has 2 aliphatic rings. The van der Waals surface area contributed by atoms with Crippen LogP contribution >= 0.6 is 11.8 Å². The second-order valence-electron chi connectivity index (χ2n) is 10.4. The van der Waals surface area contributed by atoms with Gasteiger partial charge in [0.05, 0.1) is 16.9 Å². The lowest BCUT2D eigenvalue weighted by atomic mass is 9.85. The molecule has 206 valence electrons. The van der Waals surface area contributed by atoms with Crippen LogP contribution < -0.4 is 4.90 Å². The summed E-state index contributed by atoms with van der Waals surface area (Å²) >= 11 is 1.60. The van der Waals surface area contributed by atoms with Crippen LogP contribution in [0.5, 0.6) is 0 Å². The highest BCUT2D eigenvalue weighted by Crippen LogP contribution is 2.45. The summed E-state index contributed by atoms with van der Waals surface area (Å²) in [7, 11) is 0. The summed E-state index contributed by atoms with van der Waals surface area (Å²) < 4.78 is 59.0. The average molecular weight is 552 g/mol. The van der Waals surface area contributed by atoms with E-state index < -0.39 is 17.6 Å². The first kappa shape index (κ1) is 28.4. The van der Waals surface area contributed by atoms with Gasteiger partial charge < -0.3 is 14.2 Å². The molecule has 0 saturated carbocycles. The third-order valence-electron chi connectivity index (χ3n) is 7.29. The maximum absolute atomic E-state index is 14.7. The SMILES string of the molecule is C=C(C)/C(=N\N=C(/C)c1ocnc1C)SCCCN1C[C@@H]2N(c3ccc(C(F)(F)F)cc3F)CC[C@]2(C)C1. The maximum atomic E-state index is 14.7. The first-order valence-electron chi connectivity index (χ1n) is 12.6. The Morgan fingerprint density at radius 2 is 2.05 bits per heavy atom. The summed E-state index contributed by atoms with van der Waals surface area (Å²) in [6, 6.07) is 2.91. The molecule has 2 atom stereocenters. The molecule has 11 heteroatoms. The smallest absolute Gasteiger partial charge is 0.416 e. The fourth-order valence-electron chi connectivity index (χ4n) is 5.28. The number of nitrogens with zero attached hydrogens (tertiary/aromatic N) is 5. The Hall–Kier alpha value is -2.66. The van der Waals surface area contributed by atoms with Crippen molar-refractivity contribution in [2.45, 2.75) is 52.8 Å². The van der Waals surface area contributed by atoms with Crippen LogP contribution in [-0.2, 0) is 6.18 Å². The Balaban J connectivity index is 1.33. The topological polar surface area (TPSA) is 57.2 Å². The molecular weight excluding hydrogens is 518 g/mol. The molecule has 3 heterocycles. The van der Waals surface area contributed by atoms with Crippen molar-refractivity contribution in [3.05, 3.63) is 59.6 Å². The van der Waals surface area contributed by atoms with Gasteiger partial charge in [-0.05, 0) is 63.9 Å². The van der Waals surface area contributed by atoms with E-state index in [0.29, 0.717) is 24.1 Å². The van der Waals surface area contributed by atoms with Crippen molar-refractivity contribution in [1.82, 2.24) is 9.88 Å². The van der Waals surface area contributed by atoms with Gasteiger partial charge in [-0.3, -0.25) is 0 Å². The van der Waals surface area contributed by atoms with E-state index in [9.17, 15) is 17.6 Å². The summed E-state index contributed by atoms with van der Waals surface area (Å²) in [5, 5.41) is 9.43. The summed E-state index contributed by atoms with van der Waals surface area (Å²) in [5.74, 6) is 0.622. The van der Waals surface area contributed by atoms with Crippen LogP contribution in [0.3, 0.4) is 0 Å². The fourth-order valence-corrected chi connectivity index (χ4v) is 6.09. The highest BCUT2D eigenvalue weighted by Gasteiger charge is 2.50. The molecule has 0 N–H and O–H groups in total. The minimum absolute atomic E-state index is 0.0301. The summed E-state index contributed by atoms with van der Waals surface area (Å²) in [4.78, 5) is 8.39. The monoisotopic (exact) mass is 551 g/mol. The predicted octanol–water partition coefficient (Wildman–Crippen LogP) is 6.56. The van der Waals surface area contributed by atoms with E-state index >= 15 is 0 Å². The number of thioether (sulfide) groups is 1. The van der Waals surface area contributed by atoms with Crippen LogP contribution in [0.1, 0.15) is 50.6 Å². The molecule has 0 aliphatic carbocycles. The van der Waals surface area contributed by atoms with Crippen LogP contribution in [0.4, 0.5) is 23.2 Å². The van der Waals surface area contributed by atoms with Gasteiger partial charge in [-0.15, -0.1) is 16.9 Å². The number of fused-ring (bicyclic) bond motifs is 1. The van der Waals surface area contributed by atoms with Gasteiger partial charge >= 0.3 is 6.18 Å². The second kappa shape index (κ2) is 11.2. The third-order valence-corrected chi connectivity index (χ3v) is 8.49. The van der Waals surface area contributed by atoms with Crippen molar-refractivity contribution in [3.63, 3.8) is 0 Å². The number of halogens is 4. The Morgan fingerprint density at radius 3 is 2.68 bits per heavy atom. The van der Waals surface area contributed by atoms with Crippen molar-refractivity contribution in [2.24, 2.45) is 15.6 Å². The van der Waals surface area contributed by atoms with E-state index in [2.05, 4.69) is 33.6 Å². The number of hydrogen-bond acceptors (Lipinski definition) is 7. The highest BCUT2D eigenvalue weighted by molar-refractivity contribution is 8.14. The Kier molecular flexibility index (Phi) is 8.37. The Labute approximate surface area is 224 Å². The van der Waals surface area contributed by atoms with E-state index in [1.54, 1.807) is 11.8 Å². The van der Waals surface area contributed by atoms with E-state index in [0.717, 1.165) is 60.6 Å². The largest absolute Gasteiger partial charge is 0.442 e. The number of likely N-dealkylation sites (tertiary alicyclic amines) is 1. The van der Waals surface area contributed by atoms with Crippen molar-refractivity contribution in [1.29, 1.82) is 0 Å². The van der Waals surface area contributed by atoms with E-state index in [1.165, 1.54) is 12.5 Å². The molecule has 0 bridgehead atoms. The Bertz CT molecular complexity index is 1240. The molecule has 0 radical (unpaired) electrons. The quantitative estimate of drug-likeness (QED) is 0.122. The fraction of sp³-hybridized carbons (Fsp3) is 0.519. The minimum atomic E-state index is -4.56. The predicted molar refractivity (Wildman–Crippen MR) is 144 cm³/mol. The molecule has 0 spiro atoms. The molecule has 4 rings (SSSR count). The number of anilines is 1. The van der Waals surface area contributed by atoms with Crippen molar-refractivity contribution >= 4 is 28.2 Å². The highest BCUT2D eigenvalue weighted by atomic mass is 32.2. The van der Waals surface area contributed by atoms with Gasteiger partial charge in [0.1, 0.15) is 16.6 Å². The molecule has 0 amide bonds. The molecule has 2 saturated heterocycles.